The molecule has 2 N–H and O–H groups in total. The second kappa shape index (κ2) is 8.38. The Kier molecular flexibility index (Phi) is 5.77. The van der Waals surface area contributed by atoms with Crippen LogP contribution in [-0.4, -0.2) is 29.0 Å². The molecule has 0 radical (unpaired) electrons. The summed E-state index contributed by atoms with van der Waals surface area (Å²) in [5, 5.41) is 10.0. The molecule has 0 saturated carbocycles. The van der Waals surface area contributed by atoms with E-state index in [0.717, 1.165) is 15.8 Å². The molecule has 1 aromatic heterocycles. The number of rotatable bonds is 4. The van der Waals surface area contributed by atoms with E-state index >= 15 is 0 Å². The number of anilines is 2. The number of ether oxygens (including phenoxy) is 1. The van der Waals surface area contributed by atoms with Crippen molar-refractivity contribution in [3.63, 3.8) is 0 Å². The molecule has 10 heteroatoms. The third-order valence-electron chi connectivity index (χ3n) is 5.31. The Bertz CT molecular complexity index is 1150. The molecule has 2 aromatic carbocycles. The summed E-state index contributed by atoms with van der Waals surface area (Å²) in [6, 6.07) is 10.8. The van der Waals surface area contributed by atoms with Gasteiger partial charge in [-0.05, 0) is 30.7 Å². The number of nitrogens with zero attached hydrogens (tertiary/aromatic N) is 2. The number of aromatic nitrogens is 2. The van der Waals surface area contributed by atoms with Crippen molar-refractivity contribution in [1.29, 1.82) is 0 Å². The van der Waals surface area contributed by atoms with Gasteiger partial charge in [-0.2, -0.15) is 18.3 Å². The van der Waals surface area contributed by atoms with Crippen molar-refractivity contribution in [2.75, 3.05) is 17.7 Å². The number of alkyl halides is 3. The predicted octanol–water partition coefficient (Wildman–Crippen LogP) is 5.77. The number of hydrogen-bond acceptors (Lipinski definition) is 4. The molecule has 0 bridgehead atoms. The van der Waals surface area contributed by atoms with E-state index in [0.29, 0.717) is 10.8 Å². The normalized spacial score (nSPS) is 17.9. The number of aryl methyl sites for hydroxylation is 1. The summed E-state index contributed by atoms with van der Waals surface area (Å²) >= 11 is 5.98. The van der Waals surface area contributed by atoms with Crippen LogP contribution in [0.25, 0.3) is 0 Å². The van der Waals surface area contributed by atoms with E-state index in [1.807, 2.05) is 19.1 Å². The second-order valence-electron chi connectivity index (χ2n) is 7.56. The van der Waals surface area contributed by atoms with Crippen molar-refractivity contribution in [2.45, 2.75) is 31.6 Å². The summed E-state index contributed by atoms with van der Waals surface area (Å²) in [6.07, 6.45) is -4.78. The van der Waals surface area contributed by atoms with Crippen molar-refractivity contribution < 1.29 is 22.7 Å². The zero-order valence-corrected chi connectivity index (χ0v) is 18.0. The molecule has 1 aliphatic heterocycles. The summed E-state index contributed by atoms with van der Waals surface area (Å²) in [5.74, 6) is -0.202. The zero-order valence-electron chi connectivity index (χ0n) is 17.2. The number of amides is 1. The fourth-order valence-corrected chi connectivity index (χ4v) is 3.84. The van der Waals surface area contributed by atoms with Gasteiger partial charge in [-0.1, -0.05) is 41.4 Å². The lowest BCUT2D eigenvalue weighted by Gasteiger charge is -2.33. The molecule has 4 rings (SSSR count). The molecule has 3 aromatic rings. The molecule has 32 heavy (non-hydrogen) atoms. The van der Waals surface area contributed by atoms with E-state index in [-0.39, 0.29) is 23.6 Å². The van der Waals surface area contributed by atoms with Gasteiger partial charge in [0.05, 0.1) is 18.8 Å². The average molecular weight is 465 g/mol. The summed E-state index contributed by atoms with van der Waals surface area (Å²) in [5.41, 5.74) is 1.87. The zero-order chi connectivity index (χ0) is 23.0. The summed E-state index contributed by atoms with van der Waals surface area (Å²) < 4.78 is 47.6. The van der Waals surface area contributed by atoms with E-state index in [2.05, 4.69) is 15.7 Å². The van der Waals surface area contributed by atoms with Gasteiger partial charge >= 0.3 is 6.18 Å². The Morgan fingerprint density at radius 3 is 2.59 bits per heavy atom. The van der Waals surface area contributed by atoms with Gasteiger partial charge < -0.3 is 15.4 Å². The molecule has 0 aliphatic carbocycles. The first-order chi connectivity index (χ1) is 15.2. The largest absolute Gasteiger partial charge is 0.495 e. The highest BCUT2D eigenvalue weighted by Crippen LogP contribution is 2.43. The van der Waals surface area contributed by atoms with E-state index in [1.165, 1.54) is 19.2 Å². The molecule has 2 atom stereocenters. The molecule has 0 fully saturated rings. The lowest BCUT2D eigenvalue weighted by molar-refractivity contribution is -0.173. The van der Waals surface area contributed by atoms with E-state index in [1.54, 1.807) is 24.3 Å². The molecule has 1 amide bonds. The van der Waals surface area contributed by atoms with Gasteiger partial charge in [-0.25, -0.2) is 4.68 Å². The van der Waals surface area contributed by atoms with E-state index in [4.69, 9.17) is 16.3 Å². The third kappa shape index (κ3) is 4.38. The fourth-order valence-electron chi connectivity index (χ4n) is 3.67. The quantitative estimate of drug-likeness (QED) is 0.514. The lowest BCUT2D eigenvalue weighted by atomic mass is 9.96. The number of carbonyl (C=O) groups excluding carboxylic acids is 1. The van der Waals surface area contributed by atoms with Gasteiger partial charge in [-0.3, -0.25) is 4.79 Å². The van der Waals surface area contributed by atoms with Crippen LogP contribution in [0, 0.1) is 6.92 Å². The molecule has 0 spiro atoms. The van der Waals surface area contributed by atoms with Crippen LogP contribution in [0.3, 0.4) is 0 Å². The monoisotopic (exact) mass is 464 g/mol. The highest BCUT2D eigenvalue weighted by Gasteiger charge is 2.46. The van der Waals surface area contributed by atoms with E-state index in [9.17, 15) is 18.0 Å². The van der Waals surface area contributed by atoms with Crippen LogP contribution < -0.4 is 15.4 Å². The standard InChI is InChI=1S/C22H20ClF3N4O2/c1-12-3-5-13(6-4-12)15-10-19(22(24,25)26)30-20(27-15)11-17(29-30)21(31)28-16-9-14(23)7-8-18(16)32-2/h3-9,11,15,19,27H,10H2,1-2H3,(H,28,31)/t15-,19-/m0/s1. The number of nitrogens with one attached hydrogen (secondary N) is 2. The summed E-state index contributed by atoms with van der Waals surface area (Å²) in [4.78, 5) is 12.8. The Hall–Kier alpha value is -3.20. The maximum Gasteiger partial charge on any atom is 0.410 e. The molecule has 0 unspecified atom stereocenters. The maximum atomic E-state index is 13.9. The second-order valence-corrected chi connectivity index (χ2v) is 8.00. The topological polar surface area (TPSA) is 68.2 Å². The molecular weight excluding hydrogens is 445 g/mol. The van der Waals surface area contributed by atoms with Crippen LogP contribution in [0.1, 0.15) is 40.1 Å². The van der Waals surface area contributed by atoms with Crippen molar-refractivity contribution in [1.82, 2.24) is 9.78 Å². The van der Waals surface area contributed by atoms with Crippen molar-refractivity contribution >= 4 is 29.0 Å². The van der Waals surface area contributed by atoms with Crippen molar-refractivity contribution in [2.24, 2.45) is 0 Å². The first-order valence-electron chi connectivity index (χ1n) is 9.80. The third-order valence-corrected chi connectivity index (χ3v) is 5.55. The van der Waals surface area contributed by atoms with Gasteiger partial charge in [0.2, 0.25) is 0 Å². The average Bonchev–Trinajstić information content (AvgIpc) is 3.17. The minimum atomic E-state index is -4.53. The van der Waals surface area contributed by atoms with Gasteiger partial charge in [0.1, 0.15) is 11.6 Å². The highest BCUT2D eigenvalue weighted by atomic mass is 35.5. The van der Waals surface area contributed by atoms with Crippen LogP contribution in [0.4, 0.5) is 24.7 Å². The molecule has 1 aliphatic rings. The minimum absolute atomic E-state index is 0.118. The van der Waals surface area contributed by atoms with Crippen LogP contribution in [0.2, 0.25) is 5.02 Å². The van der Waals surface area contributed by atoms with Gasteiger partial charge in [0.25, 0.3) is 5.91 Å². The summed E-state index contributed by atoms with van der Waals surface area (Å²) in [6.45, 7) is 1.91. The van der Waals surface area contributed by atoms with Crippen LogP contribution in [0.5, 0.6) is 5.75 Å². The lowest BCUT2D eigenvalue weighted by Crippen LogP contribution is -2.35. The van der Waals surface area contributed by atoms with E-state index < -0.39 is 24.2 Å². The Morgan fingerprint density at radius 1 is 1.22 bits per heavy atom. The Balaban J connectivity index is 1.65. The van der Waals surface area contributed by atoms with Gasteiger partial charge in [0, 0.05) is 17.5 Å². The molecule has 6 nitrogen and oxygen atoms in total. The number of carbonyl (C=O) groups is 1. The van der Waals surface area contributed by atoms with Crippen LogP contribution in [-0.2, 0) is 0 Å². The van der Waals surface area contributed by atoms with Crippen molar-refractivity contribution in [3.8, 4) is 5.75 Å². The maximum absolute atomic E-state index is 13.9. The summed E-state index contributed by atoms with van der Waals surface area (Å²) in [7, 11) is 1.43. The first kappa shape index (κ1) is 22.0. The van der Waals surface area contributed by atoms with Crippen molar-refractivity contribution in [3.05, 3.63) is 70.4 Å². The van der Waals surface area contributed by atoms with Crippen LogP contribution >= 0.6 is 11.6 Å². The number of benzene rings is 2. The highest BCUT2D eigenvalue weighted by molar-refractivity contribution is 6.31. The SMILES string of the molecule is COc1ccc(Cl)cc1NC(=O)c1cc2n(n1)[C@H](C(F)(F)F)C[C@@H](c1ccc(C)cc1)N2. The minimum Gasteiger partial charge on any atom is -0.495 e. The van der Waals surface area contributed by atoms with Crippen LogP contribution in [0.15, 0.2) is 48.5 Å². The number of halogens is 4. The molecule has 168 valence electrons. The predicted molar refractivity (Wildman–Crippen MR) is 115 cm³/mol. The fraction of sp³-hybridized carbons (Fsp3) is 0.273. The Labute approximate surface area is 187 Å². The number of methoxy groups -OCH3 is 1. The Morgan fingerprint density at radius 2 is 1.94 bits per heavy atom. The number of hydrogen-bond donors (Lipinski definition) is 2. The molecule has 2 heterocycles. The first-order valence-corrected chi connectivity index (χ1v) is 10.2. The van der Waals surface area contributed by atoms with Gasteiger partial charge in [0.15, 0.2) is 11.7 Å². The van der Waals surface area contributed by atoms with Gasteiger partial charge in [-0.15, -0.1) is 0 Å². The number of fused-ring (bicyclic) bond motifs is 1. The smallest absolute Gasteiger partial charge is 0.410 e. The molecule has 0 saturated heterocycles. The molecular formula is C22H20ClF3N4O2.